The van der Waals surface area contributed by atoms with Gasteiger partial charge in [0.15, 0.2) is 0 Å². The van der Waals surface area contributed by atoms with Crippen LogP contribution in [0.1, 0.15) is 12.5 Å². The Kier molecular flexibility index (Phi) is 3.45. The molecule has 0 saturated carbocycles. The number of nitrogens with zero attached hydrogens (tertiary/aromatic N) is 1. The van der Waals surface area contributed by atoms with Crippen LogP contribution in [-0.4, -0.2) is 10.9 Å². The molecule has 0 bridgehead atoms. The molecule has 2 rings (SSSR count). The molecule has 0 amide bonds. The Morgan fingerprint density at radius 2 is 1.88 bits per heavy atom. The number of rotatable bonds is 2. The zero-order valence-electron chi connectivity index (χ0n) is 9.39. The van der Waals surface area contributed by atoms with Crippen LogP contribution in [0.3, 0.4) is 0 Å². The Labute approximate surface area is 105 Å². The summed E-state index contributed by atoms with van der Waals surface area (Å²) in [5.41, 5.74) is 3.50. The molecule has 86 valence electrons. The number of halogens is 1. The van der Waals surface area contributed by atoms with E-state index in [0.717, 1.165) is 16.7 Å². The predicted octanol–water partition coefficient (Wildman–Crippen LogP) is 4.21. The number of hydrogen-bond acceptors (Lipinski definition) is 2. The first-order valence-corrected chi connectivity index (χ1v) is 5.64. The highest BCUT2D eigenvalue weighted by Gasteiger charge is 2.07. The lowest BCUT2D eigenvalue weighted by Gasteiger charge is -2.08. The lowest BCUT2D eigenvalue weighted by molar-refractivity contribution is 0.319. The van der Waals surface area contributed by atoms with Crippen molar-refractivity contribution in [2.24, 2.45) is 5.16 Å². The molecule has 0 spiro atoms. The maximum absolute atomic E-state index is 8.88. The molecular weight excluding hydrogens is 234 g/mol. The average Bonchev–Trinajstić information content (AvgIpc) is 2.38. The van der Waals surface area contributed by atoms with E-state index in [1.54, 1.807) is 6.92 Å². The third-order valence-electron chi connectivity index (χ3n) is 2.60. The van der Waals surface area contributed by atoms with E-state index in [-0.39, 0.29) is 0 Å². The van der Waals surface area contributed by atoms with Crippen LogP contribution in [0.15, 0.2) is 53.7 Å². The largest absolute Gasteiger partial charge is 0.411 e. The average molecular weight is 246 g/mol. The van der Waals surface area contributed by atoms with Crippen LogP contribution < -0.4 is 0 Å². The predicted molar refractivity (Wildman–Crippen MR) is 70.9 cm³/mol. The summed E-state index contributed by atoms with van der Waals surface area (Å²) in [5.74, 6) is 0. The van der Waals surface area contributed by atoms with Crippen LogP contribution in [0.2, 0.25) is 5.02 Å². The van der Waals surface area contributed by atoms with E-state index in [2.05, 4.69) is 5.16 Å². The smallest absolute Gasteiger partial charge is 0.0843 e. The van der Waals surface area contributed by atoms with Crippen LogP contribution in [-0.2, 0) is 0 Å². The van der Waals surface area contributed by atoms with Gasteiger partial charge in [-0.25, -0.2) is 0 Å². The van der Waals surface area contributed by atoms with Crippen molar-refractivity contribution in [3.8, 4) is 11.1 Å². The molecule has 0 fully saturated rings. The van der Waals surface area contributed by atoms with E-state index in [0.29, 0.717) is 10.7 Å². The van der Waals surface area contributed by atoms with Gasteiger partial charge in [0.25, 0.3) is 0 Å². The van der Waals surface area contributed by atoms with Crippen LogP contribution in [0, 0.1) is 0 Å². The van der Waals surface area contributed by atoms with Gasteiger partial charge in [0.1, 0.15) is 0 Å². The van der Waals surface area contributed by atoms with Gasteiger partial charge in [-0.2, -0.15) is 0 Å². The number of benzene rings is 2. The van der Waals surface area contributed by atoms with Gasteiger partial charge in [0.05, 0.1) is 5.71 Å². The minimum absolute atomic E-state index is 0.584. The third kappa shape index (κ3) is 2.48. The van der Waals surface area contributed by atoms with E-state index in [4.69, 9.17) is 16.8 Å². The van der Waals surface area contributed by atoms with Gasteiger partial charge in [-0.1, -0.05) is 53.2 Å². The zero-order valence-corrected chi connectivity index (χ0v) is 10.1. The minimum atomic E-state index is 0.584. The Morgan fingerprint density at radius 3 is 2.59 bits per heavy atom. The second-order valence-electron chi connectivity index (χ2n) is 3.74. The maximum Gasteiger partial charge on any atom is 0.0843 e. The van der Waals surface area contributed by atoms with Crippen LogP contribution >= 0.6 is 11.6 Å². The van der Waals surface area contributed by atoms with Gasteiger partial charge < -0.3 is 5.21 Å². The molecular formula is C14H12ClNO. The van der Waals surface area contributed by atoms with Crippen molar-refractivity contribution in [2.45, 2.75) is 6.92 Å². The quantitative estimate of drug-likeness (QED) is 0.480. The highest BCUT2D eigenvalue weighted by Crippen LogP contribution is 2.26. The van der Waals surface area contributed by atoms with Gasteiger partial charge in [-0.15, -0.1) is 0 Å². The van der Waals surface area contributed by atoms with Crippen molar-refractivity contribution < 1.29 is 5.21 Å². The lowest BCUT2D eigenvalue weighted by Crippen LogP contribution is -1.97. The Bertz CT molecular complexity index is 564. The molecule has 2 aromatic carbocycles. The lowest BCUT2D eigenvalue weighted by atomic mass is 9.97. The SMILES string of the molecule is C/C(=N\O)c1ccccc1-c1cccc(Cl)c1. The molecule has 0 unspecified atom stereocenters. The molecule has 0 aliphatic heterocycles. The fourth-order valence-electron chi connectivity index (χ4n) is 1.76. The van der Waals surface area contributed by atoms with Crippen molar-refractivity contribution in [1.82, 2.24) is 0 Å². The summed E-state index contributed by atoms with van der Waals surface area (Å²) < 4.78 is 0. The summed E-state index contributed by atoms with van der Waals surface area (Å²) in [7, 11) is 0. The van der Waals surface area contributed by atoms with E-state index >= 15 is 0 Å². The van der Waals surface area contributed by atoms with Crippen LogP contribution in [0.25, 0.3) is 11.1 Å². The second-order valence-corrected chi connectivity index (χ2v) is 4.18. The van der Waals surface area contributed by atoms with Crippen LogP contribution in [0.4, 0.5) is 0 Å². The highest BCUT2D eigenvalue weighted by atomic mass is 35.5. The monoisotopic (exact) mass is 245 g/mol. The topological polar surface area (TPSA) is 32.6 Å². The molecule has 2 aromatic rings. The van der Waals surface area contributed by atoms with Crippen LogP contribution in [0.5, 0.6) is 0 Å². The molecule has 0 atom stereocenters. The molecule has 0 saturated heterocycles. The molecule has 2 nitrogen and oxygen atoms in total. The summed E-state index contributed by atoms with van der Waals surface area (Å²) in [6.45, 7) is 1.77. The summed E-state index contributed by atoms with van der Waals surface area (Å²) in [4.78, 5) is 0. The normalized spacial score (nSPS) is 11.5. The summed E-state index contributed by atoms with van der Waals surface area (Å²) in [6.07, 6.45) is 0. The summed E-state index contributed by atoms with van der Waals surface area (Å²) in [5, 5.41) is 12.8. The Hall–Kier alpha value is -1.80. The zero-order chi connectivity index (χ0) is 12.3. The Morgan fingerprint density at radius 1 is 1.12 bits per heavy atom. The summed E-state index contributed by atoms with van der Waals surface area (Å²) in [6, 6.07) is 15.4. The molecule has 3 heteroatoms. The van der Waals surface area contributed by atoms with Crippen molar-refractivity contribution in [3.05, 3.63) is 59.1 Å². The van der Waals surface area contributed by atoms with Crippen molar-refractivity contribution in [2.75, 3.05) is 0 Å². The third-order valence-corrected chi connectivity index (χ3v) is 2.84. The molecule has 17 heavy (non-hydrogen) atoms. The Balaban J connectivity index is 2.60. The minimum Gasteiger partial charge on any atom is -0.411 e. The number of oxime groups is 1. The standard InChI is InChI=1S/C14H12ClNO/c1-10(16-17)13-7-2-3-8-14(13)11-5-4-6-12(15)9-11/h2-9,17H,1H3/b16-10+. The first kappa shape index (κ1) is 11.7. The van der Waals surface area contributed by atoms with Crippen molar-refractivity contribution >= 4 is 17.3 Å². The van der Waals surface area contributed by atoms with Gasteiger partial charge in [-0.3, -0.25) is 0 Å². The first-order valence-electron chi connectivity index (χ1n) is 5.26. The van der Waals surface area contributed by atoms with E-state index in [9.17, 15) is 0 Å². The highest BCUT2D eigenvalue weighted by molar-refractivity contribution is 6.30. The van der Waals surface area contributed by atoms with E-state index < -0.39 is 0 Å². The molecule has 0 heterocycles. The molecule has 0 radical (unpaired) electrons. The van der Waals surface area contributed by atoms with Gasteiger partial charge in [-0.05, 0) is 30.2 Å². The van der Waals surface area contributed by atoms with Gasteiger partial charge in [0, 0.05) is 10.6 Å². The maximum atomic E-state index is 8.88. The van der Waals surface area contributed by atoms with E-state index in [1.807, 2.05) is 48.5 Å². The van der Waals surface area contributed by atoms with Gasteiger partial charge in [0.2, 0.25) is 0 Å². The van der Waals surface area contributed by atoms with Gasteiger partial charge >= 0.3 is 0 Å². The first-order chi connectivity index (χ1) is 8.22. The van der Waals surface area contributed by atoms with E-state index in [1.165, 1.54) is 0 Å². The van der Waals surface area contributed by atoms with Crippen molar-refractivity contribution in [1.29, 1.82) is 0 Å². The molecule has 0 aliphatic rings. The molecule has 0 aliphatic carbocycles. The summed E-state index contributed by atoms with van der Waals surface area (Å²) >= 11 is 5.98. The second kappa shape index (κ2) is 5.02. The molecule has 1 N–H and O–H groups in total. The number of hydrogen-bond donors (Lipinski definition) is 1. The van der Waals surface area contributed by atoms with Crippen molar-refractivity contribution in [3.63, 3.8) is 0 Å². The fraction of sp³-hybridized carbons (Fsp3) is 0.0714. The fourth-order valence-corrected chi connectivity index (χ4v) is 1.95. The molecule has 0 aromatic heterocycles.